The van der Waals surface area contributed by atoms with E-state index in [1.807, 2.05) is 0 Å². The van der Waals surface area contributed by atoms with Gasteiger partial charge in [0.15, 0.2) is 0 Å². The molecule has 3 nitrogen and oxygen atoms in total. The largest absolute Gasteiger partial charge is 0.494 e. The van der Waals surface area contributed by atoms with Gasteiger partial charge in [-0.2, -0.15) is 48.3 Å². The lowest BCUT2D eigenvalue weighted by atomic mass is 9.76. The van der Waals surface area contributed by atoms with Gasteiger partial charge in [0.1, 0.15) is 11.5 Å². The minimum atomic E-state index is -7.43. The third-order valence-corrected chi connectivity index (χ3v) is 6.95. The van der Waals surface area contributed by atoms with E-state index in [1.54, 1.807) is 0 Å². The minimum Gasteiger partial charge on any atom is -0.494 e. The van der Waals surface area contributed by atoms with Crippen LogP contribution in [0.3, 0.4) is 0 Å². The van der Waals surface area contributed by atoms with E-state index in [-0.39, 0.29) is 5.75 Å². The average Bonchev–Trinajstić information content (AvgIpc) is 2.88. The second kappa shape index (κ2) is 13.1. The number of esters is 1. The zero-order valence-electron chi connectivity index (χ0n) is 21.6. The van der Waals surface area contributed by atoms with Crippen molar-refractivity contribution in [3.63, 3.8) is 0 Å². The van der Waals surface area contributed by atoms with Gasteiger partial charge in [-0.1, -0.05) is 39.0 Å². The van der Waals surface area contributed by atoms with Gasteiger partial charge >= 0.3 is 35.8 Å². The van der Waals surface area contributed by atoms with Crippen LogP contribution in [0, 0.1) is 11.8 Å². The Morgan fingerprint density at radius 2 is 1.20 bits per heavy atom. The highest BCUT2D eigenvalue weighted by Gasteiger charge is 2.87. The summed E-state index contributed by atoms with van der Waals surface area (Å²) >= 11 is 0. The van der Waals surface area contributed by atoms with Crippen LogP contribution < -0.4 is 9.47 Å². The maximum Gasteiger partial charge on any atom is 0.460 e. The molecule has 40 heavy (non-hydrogen) atoms. The fourth-order valence-corrected chi connectivity index (χ4v) is 4.41. The van der Waals surface area contributed by atoms with Crippen molar-refractivity contribution in [2.24, 2.45) is 11.8 Å². The number of rotatable bonds is 14. The predicted molar refractivity (Wildman–Crippen MR) is 122 cm³/mol. The van der Waals surface area contributed by atoms with E-state index in [0.717, 1.165) is 32.1 Å². The summed E-state index contributed by atoms with van der Waals surface area (Å²) in [4.78, 5) is 12.4. The van der Waals surface area contributed by atoms with Crippen LogP contribution in [0.15, 0.2) is 24.3 Å². The van der Waals surface area contributed by atoms with E-state index in [0.29, 0.717) is 12.4 Å². The Balaban J connectivity index is 1.90. The molecular weight excluding hydrogens is 569 g/mol. The van der Waals surface area contributed by atoms with Crippen LogP contribution in [0.4, 0.5) is 48.3 Å². The van der Waals surface area contributed by atoms with Gasteiger partial charge in [-0.05, 0) is 56.4 Å². The van der Waals surface area contributed by atoms with Crippen molar-refractivity contribution in [3.05, 3.63) is 24.3 Å². The minimum absolute atomic E-state index is 0.0601. The molecule has 0 heterocycles. The van der Waals surface area contributed by atoms with E-state index >= 15 is 0 Å². The lowest BCUT2D eigenvalue weighted by Gasteiger charge is -2.41. The first-order valence-electron chi connectivity index (χ1n) is 12.9. The molecule has 0 saturated heterocycles. The number of carbonyl (C=O) groups is 1. The Hall–Kier alpha value is -2.28. The second-order valence-corrected chi connectivity index (χ2v) is 9.90. The van der Waals surface area contributed by atoms with Gasteiger partial charge in [-0.15, -0.1) is 0 Å². The monoisotopic (exact) mass is 600 g/mol. The normalized spacial score (nSPS) is 19.4. The maximum absolute atomic E-state index is 14.3. The summed E-state index contributed by atoms with van der Waals surface area (Å²) < 4.78 is 157. The summed E-state index contributed by atoms with van der Waals surface area (Å²) in [5.74, 6) is -31.9. The van der Waals surface area contributed by atoms with Crippen molar-refractivity contribution >= 4 is 5.97 Å². The molecule has 0 spiro atoms. The number of halogens is 11. The van der Waals surface area contributed by atoms with Crippen LogP contribution in [0.1, 0.15) is 71.1 Å². The van der Waals surface area contributed by atoms with Gasteiger partial charge in [0.2, 0.25) is 0 Å². The van der Waals surface area contributed by atoms with Crippen molar-refractivity contribution in [2.75, 3.05) is 6.61 Å². The summed E-state index contributed by atoms with van der Waals surface area (Å²) in [6.07, 6.45) is -3.89. The topological polar surface area (TPSA) is 35.5 Å². The molecule has 1 aliphatic rings. The summed E-state index contributed by atoms with van der Waals surface area (Å²) in [5, 5.41) is 0. The Labute approximate surface area is 224 Å². The van der Waals surface area contributed by atoms with Gasteiger partial charge in [-0.3, -0.25) is 4.79 Å². The van der Waals surface area contributed by atoms with Crippen molar-refractivity contribution < 1.29 is 62.6 Å². The van der Waals surface area contributed by atoms with E-state index in [9.17, 15) is 53.1 Å². The van der Waals surface area contributed by atoms with Crippen LogP contribution in [0.5, 0.6) is 11.5 Å². The molecule has 1 aliphatic carbocycles. The van der Waals surface area contributed by atoms with E-state index in [4.69, 9.17) is 9.47 Å². The number of carbonyl (C=O) groups excluding carboxylic acids is 1. The molecule has 0 aliphatic heterocycles. The van der Waals surface area contributed by atoms with Crippen LogP contribution in [-0.2, 0) is 4.79 Å². The number of hydrogen-bond donors (Lipinski definition) is 0. The number of hydrogen-bond acceptors (Lipinski definition) is 3. The molecule has 0 bridgehead atoms. The third kappa shape index (κ3) is 7.32. The maximum atomic E-state index is 14.3. The first-order valence-corrected chi connectivity index (χ1v) is 12.9. The fourth-order valence-electron chi connectivity index (χ4n) is 4.41. The van der Waals surface area contributed by atoms with Crippen molar-refractivity contribution in [1.82, 2.24) is 0 Å². The molecule has 1 aromatic rings. The van der Waals surface area contributed by atoms with Crippen molar-refractivity contribution in [1.29, 1.82) is 0 Å². The molecule has 0 unspecified atom stereocenters. The molecule has 14 heteroatoms. The number of unbranched alkanes of at least 4 members (excludes halogenated alkanes) is 5. The average molecular weight is 601 g/mol. The zero-order valence-corrected chi connectivity index (χ0v) is 21.6. The number of benzene rings is 1. The lowest BCUT2D eigenvalue weighted by Crippen LogP contribution is -2.67. The molecule has 1 fully saturated rings. The Morgan fingerprint density at radius 1 is 0.700 bits per heavy atom. The Bertz CT molecular complexity index is 938. The van der Waals surface area contributed by atoms with E-state index in [2.05, 4.69) is 6.92 Å². The van der Waals surface area contributed by atoms with Crippen LogP contribution in [-0.4, -0.2) is 42.4 Å². The van der Waals surface area contributed by atoms with Gasteiger partial charge in [0.25, 0.3) is 0 Å². The van der Waals surface area contributed by atoms with E-state index in [1.165, 1.54) is 30.7 Å². The van der Waals surface area contributed by atoms with Gasteiger partial charge < -0.3 is 9.47 Å². The quantitative estimate of drug-likeness (QED) is 0.0925. The molecular formula is C26H31F11O3. The number of ether oxygens (including phenoxy) is 2. The molecule has 1 saturated carbocycles. The highest BCUT2D eigenvalue weighted by molar-refractivity contribution is 5.75. The standard InChI is InChI=1S/C26H31F11O3/c1-2-3-4-5-6-7-16-39-19-12-14-20(15-13-19)40-21(38)17-8-10-18(11-9-17)22(27,28)23(29,30)24(31,32)25(33,34)26(35,36)37/h12-15,17-18H,2-11,16H2,1H3/t17-,18-. The summed E-state index contributed by atoms with van der Waals surface area (Å²) in [6, 6.07) is 5.85. The summed E-state index contributed by atoms with van der Waals surface area (Å²) in [6.45, 7) is 2.60. The fraction of sp³-hybridized carbons (Fsp3) is 0.731. The van der Waals surface area contributed by atoms with Crippen LogP contribution in [0.25, 0.3) is 0 Å². The Kier molecular flexibility index (Phi) is 11.1. The van der Waals surface area contributed by atoms with Crippen molar-refractivity contribution in [2.45, 2.75) is 101 Å². The van der Waals surface area contributed by atoms with E-state index < -0.39 is 73.4 Å². The molecule has 230 valence electrons. The molecule has 0 N–H and O–H groups in total. The first kappa shape index (κ1) is 33.9. The summed E-state index contributed by atoms with van der Waals surface area (Å²) in [5.41, 5.74) is 0. The molecule has 0 aromatic heterocycles. The first-order chi connectivity index (χ1) is 18.4. The van der Waals surface area contributed by atoms with Gasteiger partial charge in [0, 0.05) is 5.92 Å². The highest BCUT2D eigenvalue weighted by Crippen LogP contribution is 2.60. The summed E-state index contributed by atoms with van der Waals surface area (Å²) in [7, 11) is 0. The predicted octanol–water partition coefficient (Wildman–Crippen LogP) is 9.24. The van der Waals surface area contributed by atoms with Gasteiger partial charge in [0.05, 0.1) is 12.5 Å². The molecule has 1 aromatic carbocycles. The SMILES string of the molecule is CCCCCCCCOc1ccc(OC(=O)[C@H]2CC[C@H](C(F)(F)C(F)(F)C(F)(F)C(F)(F)C(F)(F)F)CC2)cc1. The second-order valence-electron chi connectivity index (χ2n) is 9.90. The molecule has 0 atom stereocenters. The Morgan fingerprint density at radius 3 is 1.73 bits per heavy atom. The van der Waals surface area contributed by atoms with Crippen LogP contribution in [0.2, 0.25) is 0 Å². The smallest absolute Gasteiger partial charge is 0.460 e. The van der Waals surface area contributed by atoms with Gasteiger partial charge in [-0.25, -0.2) is 0 Å². The van der Waals surface area contributed by atoms with Crippen LogP contribution >= 0.6 is 0 Å². The molecule has 0 amide bonds. The molecule has 0 radical (unpaired) electrons. The van der Waals surface area contributed by atoms with Crippen molar-refractivity contribution in [3.8, 4) is 11.5 Å². The highest BCUT2D eigenvalue weighted by atomic mass is 19.4. The number of alkyl halides is 11. The lowest BCUT2D eigenvalue weighted by molar-refractivity contribution is -0.427. The third-order valence-electron chi connectivity index (χ3n) is 6.95. The molecule has 2 rings (SSSR count). The zero-order chi connectivity index (χ0) is 30.4.